The molecule has 0 spiro atoms. The fourth-order valence-corrected chi connectivity index (χ4v) is 5.62. The van der Waals surface area contributed by atoms with Crippen molar-refractivity contribution in [3.63, 3.8) is 0 Å². The van der Waals surface area contributed by atoms with Crippen LogP contribution in [0.4, 0.5) is 5.82 Å². The second kappa shape index (κ2) is 23.9. The predicted octanol–water partition coefficient (Wildman–Crippen LogP) is 7.45. The first-order valence-electron chi connectivity index (χ1n) is 14.4. The van der Waals surface area contributed by atoms with Crippen LogP contribution in [0.25, 0.3) is 11.2 Å². The van der Waals surface area contributed by atoms with Crippen LogP contribution in [-0.2, 0) is 24.9 Å². The lowest BCUT2D eigenvalue weighted by Gasteiger charge is -2.11. The van der Waals surface area contributed by atoms with Crippen molar-refractivity contribution in [3.8, 4) is 12.3 Å². The summed E-state index contributed by atoms with van der Waals surface area (Å²) in [7, 11) is -2.19. The number of aromatic nitrogens is 4. The number of thioether (sulfide) groups is 1. The number of terminal acetylenes is 1. The van der Waals surface area contributed by atoms with Gasteiger partial charge in [0.1, 0.15) is 18.5 Å². The van der Waals surface area contributed by atoms with E-state index >= 15 is 0 Å². The van der Waals surface area contributed by atoms with Crippen LogP contribution in [0.3, 0.4) is 0 Å². The summed E-state index contributed by atoms with van der Waals surface area (Å²) in [6.07, 6.45) is 25.9. The van der Waals surface area contributed by atoms with E-state index in [0.29, 0.717) is 30.1 Å². The van der Waals surface area contributed by atoms with Crippen molar-refractivity contribution < 1.29 is 18.3 Å². The van der Waals surface area contributed by atoms with Gasteiger partial charge in [-0.05, 0) is 37.7 Å². The Morgan fingerprint density at radius 3 is 2.25 bits per heavy atom. The van der Waals surface area contributed by atoms with E-state index in [1.165, 1.54) is 89.1 Å². The minimum atomic E-state index is -2.19. The highest BCUT2D eigenvalue weighted by molar-refractivity contribution is 7.99. The lowest BCUT2D eigenvalue weighted by atomic mass is 10.0. The Balaban J connectivity index is 0.00000800. The van der Waals surface area contributed by atoms with E-state index in [1.807, 2.05) is 23.3 Å². The maximum Gasteiger partial charge on any atom is 0.699 e. The van der Waals surface area contributed by atoms with Crippen LogP contribution >= 0.6 is 20.0 Å². The van der Waals surface area contributed by atoms with Crippen molar-refractivity contribution in [2.75, 3.05) is 30.6 Å². The van der Waals surface area contributed by atoms with E-state index in [-0.39, 0.29) is 19.0 Å². The largest absolute Gasteiger partial charge is 0.699 e. The molecule has 2 atom stereocenters. The van der Waals surface area contributed by atoms with Gasteiger partial charge in [0, 0.05) is 11.0 Å². The first-order chi connectivity index (χ1) is 19.1. The third-order valence-electron chi connectivity index (χ3n) is 6.38. The summed E-state index contributed by atoms with van der Waals surface area (Å²) in [6, 6.07) is 0. The molecule has 2 aromatic rings. The van der Waals surface area contributed by atoms with Crippen molar-refractivity contribution in [2.24, 2.45) is 0 Å². The van der Waals surface area contributed by atoms with E-state index in [1.54, 1.807) is 6.33 Å². The number of unbranched alkanes of at least 4 members (excludes halogenated alkanes) is 12. The third kappa shape index (κ3) is 16.5. The highest BCUT2D eigenvalue weighted by Gasteiger charge is 2.21. The molecule has 0 saturated heterocycles. The molecule has 0 fully saturated rings. The average molecular weight is 598 g/mol. The molecule has 0 aliphatic heterocycles. The van der Waals surface area contributed by atoms with E-state index in [0.717, 1.165) is 18.6 Å². The van der Waals surface area contributed by atoms with Gasteiger partial charge in [-0.2, -0.15) is 11.8 Å². The van der Waals surface area contributed by atoms with Gasteiger partial charge in [-0.25, -0.2) is 15.0 Å². The number of hydrogen-bond donors (Lipinski definition) is 2. The van der Waals surface area contributed by atoms with Gasteiger partial charge in [-0.1, -0.05) is 68.7 Å². The highest BCUT2D eigenvalue weighted by atomic mass is 32.2. The lowest BCUT2D eigenvalue weighted by molar-refractivity contribution is -0.0367. The molecule has 0 aromatic carbocycles. The SMILES string of the molecule is C#CCCCCCCCCCCCCCCSCCCO[P+](=O)OCO[C@H](C)Cn1cnc2c(N)ncnc21.N. The van der Waals surface area contributed by atoms with Gasteiger partial charge in [0.15, 0.2) is 11.5 Å². The van der Waals surface area contributed by atoms with Crippen LogP contribution in [0.15, 0.2) is 12.7 Å². The van der Waals surface area contributed by atoms with E-state index in [4.69, 9.17) is 25.9 Å². The molecule has 0 bridgehead atoms. The number of anilines is 1. The van der Waals surface area contributed by atoms with Crippen LogP contribution in [0, 0.1) is 12.3 Å². The van der Waals surface area contributed by atoms with Crippen molar-refractivity contribution in [1.29, 1.82) is 0 Å². The summed E-state index contributed by atoms with van der Waals surface area (Å²) in [6.45, 7) is 2.70. The van der Waals surface area contributed by atoms with Crippen LogP contribution in [0.5, 0.6) is 0 Å². The zero-order valence-electron chi connectivity index (χ0n) is 24.3. The van der Waals surface area contributed by atoms with Gasteiger partial charge in [-0.15, -0.1) is 16.9 Å². The predicted molar refractivity (Wildman–Crippen MR) is 166 cm³/mol. The number of nitrogen functional groups attached to an aromatic ring is 1. The molecular formula is C28H50N6O4PS+. The minimum absolute atomic E-state index is 0. The minimum Gasteiger partial charge on any atom is -0.382 e. The van der Waals surface area contributed by atoms with Gasteiger partial charge >= 0.3 is 8.25 Å². The molecule has 40 heavy (non-hydrogen) atoms. The second-order valence-corrected chi connectivity index (χ2v) is 12.0. The van der Waals surface area contributed by atoms with Crippen LogP contribution in [-0.4, -0.2) is 50.5 Å². The van der Waals surface area contributed by atoms with Gasteiger partial charge in [0.05, 0.1) is 19.0 Å². The van der Waals surface area contributed by atoms with Gasteiger partial charge in [0.25, 0.3) is 0 Å². The van der Waals surface area contributed by atoms with Crippen molar-refractivity contribution >= 4 is 37.0 Å². The topological polar surface area (TPSA) is 149 Å². The van der Waals surface area contributed by atoms with Gasteiger partial charge < -0.3 is 21.2 Å². The molecule has 2 heterocycles. The monoisotopic (exact) mass is 597 g/mol. The molecule has 0 aliphatic carbocycles. The molecule has 2 rings (SSSR count). The Labute approximate surface area is 245 Å². The zero-order valence-corrected chi connectivity index (χ0v) is 26.0. The molecule has 226 valence electrons. The molecule has 0 radical (unpaired) electrons. The Morgan fingerprint density at radius 1 is 0.950 bits per heavy atom. The fourth-order valence-electron chi connectivity index (χ4n) is 4.19. The first kappa shape index (κ1) is 36.2. The van der Waals surface area contributed by atoms with Crippen LogP contribution < -0.4 is 11.9 Å². The lowest BCUT2D eigenvalue weighted by Crippen LogP contribution is -2.17. The molecule has 0 aliphatic rings. The second-order valence-electron chi connectivity index (χ2n) is 9.77. The molecule has 0 amide bonds. The van der Waals surface area contributed by atoms with E-state index < -0.39 is 8.25 Å². The van der Waals surface area contributed by atoms with Crippen LogP contribution in [0.2, 0.25) is 0 Å². The molecule has 12 heteroatoms. The third-order valence-corrected chi connectivity index (χ3v) is 8.25. The highest BCUT2D eigenvalue weighted by Crippen LogP contribution is 2.24. The van der Waals surface area contributed by atoms with Gasteiger partial charge in [0.2, 0.25) is 6.79 Å². The standard InChI is InChI=1S/C28H47N5O4PS.H3N/c1-3-4-5-6-7-8-9-10-11-12-13-14-15-16-19-39-20-17-18-36-38(34)37-24-35-25(2)21-33-23-32-26-27(29)30-22-31-28(26)33;/h1,22-23,25H,4-21,24H2,2H3,(H2,29,30,31);1H3/q+1;/t25-;/m1./s1. The Morgan fingerprint density at radius 2 is 1.57 bits per heavy atom. The quantitative estimate of drug-likeness (QED) is 0.0511. The number of ether oxygens (including phenoxy) is 1. The van der Waals surface area contributed by atoms with Crippen molar-refractivity contribution in [2.45, 2.75) is 109 Å². The summed E-state index contributed by atoms with van der Waals surface area (Å²) in [5.74, 6) is 5.24. The molecule has 10 nitrogen and oxygen atoms in total. The van der Waals surface area contributed by atoms with E-state index in [2.05, 4.69) is 20.9 Å². The number of nitrogens with two attached hydrogens (primary N) is 1. The normalized spacial score (nSPS) is 12.2. The zero-order chi connectivity index (χ0) is 28.0. The average Bonchev–Trinajstić information content (AvgIpc) is 3.33. The smallest absolute Gasteiger partial charge is 0.382 e. The molecule has 1 unspecified atom stereocenters. The van der Waals surface area contributed by atoms with E-state index in [9.17, 15) is 4.57 Å². The maximum absolute atomic E-state index is 11.9. The van der Waals surface area contributed by atoms with Crippen molar-refractivity contribution in [1.82, 2.24) is 25.7 Å². The Hall–Kier alpha value is -1.80. The fraction of sp³-hybridized carbons (Fsp3) is 0.750. The number of fused-ring (bicyclic) bond motifs is 1. The summed E-state index contributed by atoms with van der Waals surface area (Å²) in [4.78, 5) is 12.4. The Bertz CT molecular complexity index is 974. The maximum atomic E-state index is 11.9. The van der Waals surface area contributed by atoms with Crippen molar-refractivity contribution in [3.05, 3.63) is 12.7 Å². The molecular weight excluding hydrogens is 547 g/mol. The van der Waals surface area contributed by atoms with Gasteiger partial charge in [-0.3, -0.25) is 0 Å². The van der Waals surface area contributed by atoms with Crippen LogP contribution in [0.1, 0.15) is 96.8 Å². The molecule has 5 N–H and O–H groups in total. The number of imidazole rings is 1. The molecule has 2 aromatic heterocycles. The summed E-state index contributed by atoms with van der Waals surface area (Å²) < 4.78 is 29.8. The Kier molecular flexibility index (Phi) is 21.6. The summed E-state index contributed by atoms with van der Waals surface area (Å²) >= 11 is 1.94. The molecule has 0 saturated carbocycles. The number of rotatable bonds is 25. The summed E-state index contributed by atoms with van der Waals surface area (Å²) in [5, 5.41) is 0. The summed E-state index contributed by atoms with van der Waals surface area (Å²) in [5.41, 5.74) is 7.02. The number of nitrogens with zero attached hydrogens (tertiary/aromatic N) is 4. The first-order valence-corrected chi connectivity index (χ1v) is 16.6. The number of hydrogen-bond acceptors (Lipinski definition) is 10.